The van der Waals surface area contributed by atoms with Crippen LogP contribution in [0.2, 0.25) is 0 Å². The standard InChI is InChI=1S/C19H24NO5P/c1-14(2)25-26(22,23)18(17-11-9-15(3)10-12-17)20-19(21)24-13-16-7-5-4-6-8-16/h4-12,14,18H,13H2,1-3H3,(H,20,21)(H,22,23). The lowest BCUT2D eigenvalue weighted by atomic mass is 10.1. The molecule has 2 rings (SSSR count). The average molecular weight is 377 g/mol. The molecule has 2 aromatic carbocycles. The fraction of sp³-hybridized carbons (Fsp3) is 0.316. The Morgan fingerprint density at radius 3 is 2.31 bits per heavy atom. The third-order valence-corrected chi connectivity index (χ3v) is 5.35. The summed E-state index contributed by atoms with van der Waals surface area (Å²) in [5.74, 6) is -1.21. The maximum atomic E-state index is 12.7. The molecule has 7 heteroatoms. The van der Waals surface area contributed by atoms with E-state index in [4.69, 9.17) is 9.26 Å². The van der Waals surface area contributed by atoms with Crippen molar-refractivity contribution in [2.24, 2.45) is 0 Å². The number of aryl methyl sites for hydroxylation is 1. The highest BCUT2D eigenvalue weighted by atomic mass is 31.2. The van der Waals surface area contributed by atoms with Gasteiger partial charge in [0.05, 0.1) is 6.10 Å². The molecule has 6 nitrogen and oxygen atoms in total. The molecule has 2 N–H and O–H groups in total. The van der Waals surface area contributed by atoms with Crippen molar-refractivity contribution in [2.75, 3.05) is 0 Å². The fourth-order valence-corrected chi connectivity index (χ4v) is 3.88. The van der Waals surface area contributed by atoms with E-state index in [-0.39, 0.29) is 6.61 Å². The SMILES string of the molecule is Cc1ccc(C(NC(=O)OCc2ccccc2)P(=O)(O)OC(C)C)cc1. The van der Waals surface area contributed by atoms with Crippen molar-refractivity contribution in [1.82, 2.24) is 5.32 Å². The quantitative estimate of drug-likeness (QED) is 0.693. The van der Waals surface area contributed by atoms with E-state index in [0.717, 1.165) is 11.1 Å². The summed E-state index contributed by atoms with van der Waals surface area (Å²) >= 11 is 0. The number of nitrogens with one attached hydrogen (secondary N) is 1. The van der Waals surface area contributed by atoms with E-state index < -0.39 is 25.6 Å². The van der Waals surface area contributed by atoms with Crippen molar-refractivity contribution < 1.29 is 23.5 Å². The van der Waals surface area contributed by atoms with Crippen molar-refractivity contribution >= 4 is 13.7 Å². The van der Waals surface area contributed by atoms with Crippen LogP contribution in [0.3, 0.4) is 0 Å². The monoisotopic (exact) mass is 377 g/mol. The Hall–Kier alpha value is -2.14. The number of carbonyl (C=O) groups is 1. The lowest BCUT2D eigenvalue weighted by Crippen LogP contribution is -2.30. The van der Waals surface area contributed by atoms with Crippen LogP contribution in [-0.4, -0.2) is 17.1 Å². The lowest BCUT2D eigenvalue weighted by Gasteiger charge is -2.25. The first-order valence-electron chi connectivity index (χ1n) is 8.32. The molecule has 0 saturated carbocycles. The summed E-state index contributed by atoms with van der Waals surface area (Å²) in [5.41, 5.74) is 2.29. The first-order chi connectivity index (χ1) is 12.3. The molecule has 0 heterocycles. The van der Waals surface area contributed by atoms with Crippen LogP contribution in [0.1, 0.15) is 36.3 Å². The second-order valence-electron chi connectivity index (χ2n) is 6.24. The van der Waals surface area contributed by atoms with Gasteiger partial charge in [-0.05, 0) is 31.9 Å². The molecule has 0 aliphatic heterocycles. The van der Waals surface area contributed by atoms with Crippen molar-refractivity contribution in [1.29, 1.82) is 0 Å². The lowest BCUT2D eigenvalue weighted by molar-refractivity contribution is 0.134. The summed E-state index contributed by atoms with van der Waals surface area (Å²) < 4.78 is 23.0. The van der Waals surface area contributed by atoms with Crippen LogP contribution in [0.15, 0.2) is 54.6 Å². The van der Waals surface area contributed by atoms with Gasteiger partial charge in [-0.3, -0.25) is 4.57 Å². The topological polar surface area (TPSA) is 84.9 Å². The van der Waals surface area contributed by atoms with Gasteiger partial charge in [0, 0.05) is 0 Å². The molecular formula is C19H24NO5P. The van der Waals surface area contributed by atoms with E-state index in [1.54, 1.807) is 38.1 Å². The molecule has 140 valence electrons. The highest BCUT2D eigenvalue weighted by Gasteiger charge is 2.36. The minimum atomic E-state index is -4.16. The molecule has 0 bridgehead atoms. The molecule has 2 atom stereocenters. The Labute approximate surface area is 153 Å². The molecule has 0 fully saturated rings. The summed E-state index contributed by atoms with van der Waals surface area (Å²) in [7, 11) is -4.16. The van der Waals surface area contributed by atoms with Gasteiger partial charge in [-0.1, -0.05) is 60.2 Å². The minimum Gasteiger partial charge on any atom is -0.445 e. The zero-order valence-electron chi connectivity index (χ0n) is 15.1. The maximum absolute atomic E-state index is 12.7. The third-order valence-electron chi connectivity index (χ3n) is 3.55. The average Bonchev–Trinajstić information content (AvgIpc) is 2.58. The maximum Gasteiger partial charge on any atom is 0.408 e. The minimum absolute atomic E-state index is 0.0636. The van der Waals surface area contributed by atoms with Gasteiger partial charge in [0.1, 0.15) is 6.61 Å². The van der Waals surface area contributed by atoms with Gasteiger partial charge >= 0.3 is 13.7 Å². The Balaban J connectivity index is 2.14. The molecule has 0 aliphatic rings. The largest absolute Gasteiger partial charge is 0.445 e. The smallest absolute Gasteiger partial charge is 0.408 e. The van der Waals surface area contributed by atoms with Crippen LogP contribution in [0.25, 0.3) is 0 Å². The first-order valence-corrected chi connectivity index (χ1v) is 9.97. The summed E-state index contributed by atoms with van der Waals surface area (Å²) in [6.45, 7) is 5.28. The van der Waals surface area contributed by atoms with Gasteiger partial charge in [0.2, 0.25) is 0 Å². The van der Waals surface area contributed by atoms with Gasteiger partial charge in [0.15, 0.2) is 5.78 Å². The number of carbonyl (C=O) groups excluding carboxylic acids is 1. The number of alkyl carbamates (subject to hydrolysis) is 1. The molecule has 0 spiro atoms. The number of amides is 1. The Kier molecular flexibility index (Phi) is 6.98. The van der Waals surface area contributed by atoms with Crippen molar-refractivity contribution in [3.05, 3.63) is 71.3 Å². The van der Waals surface area contributed by atoms with Crippen LogP contribution in [0, 0.1) is 6.92 Å². The highest BCUT2D eigenvalue weighted by Crippen LogP contribution is 2.55. The summed E-state index contributed by atoms with van der Waals surface area (Å²) in [4.78, 5) is 22.5. The van der Waals surface area contributed by atoms with E-state index >= 15 is 0 Å². The van der Waals surface area contributed by atoms with Crippen LogP contribution < -0.4 is 5.32 Å². The Bertz CT molecular complexity index is 761. The molecule has 0 saturated heterocycles. The molecule has 0 radical (unpaired) electrons. The summed E-state index contributed by atoms with van der Waals surface area (Å²) in [6, 6.07) is 16.2. The second-order valence-corrected chi connectivity index (χ2v) is 8.09. The van der Waals surface area contributed by atoms with Gasteiger partial charge < -0.3 is 19.5 Å². The molecule has 0 aliphatic carbocycles. The fourth-order valence-electron chi connectivity index (χ4n) is 2.34. The number of hydrogen-bond donors (Lipinski definition) is 2. The van der Waals surface area contributed by atoms with E-state index in [0.29, 0.717) is 5.56 Å². The van der Waals surface area contributed by atoms with Gasteiger partial charge in [-0.15, -0.1) is 0 Å². The van der Waals surface area contributed by atoms with Crippen molar-refractivity contribution in [2.45, 2.75) is 39.3 Å². The van der Waals surface area contributed by atoms with Crippen molar-refractivity contribution in [3.8, 4) is 0 Å². The van der Waals surface area contributed by atoms with Crippen LogP contribution in [0.4, 0.5) is 4.79 Å². The zero-order chi connectivity index (χ0) is 19.2. The molecule has 0 aromatic heterocycles. The molecule has 2 aromatic rings. The number of hydrogen-bond acceptors (Lipinski definition) is 4. The highest BCUT2D eigenvalue weighted by molar-refractivity contribution is 7.53. The van der Waals surface area contributed by atoms with E-state index in [9.17, 15) is 14.3 Å². The predicted molar refractivity (Wildman–Crippen MR) is 99.7 cm³/mol. The summed E-state index contributed by atoms with van der Waals surface area (Å²) in [5, 5.41) is 2.47. The van der Waals surface area contributed by atoms with Crippen LogP contribution in [0.5, 0.6) is 0 Å². The van der Waals surface area contributed by atoms with E-state index in [1.807, 2.05) is 37.3 Å². The van der Waals surface area contributed by atoms with Gasteiger partial charge in [0.25, 0.3) is 0 Å². The summed E-state index contributed by atoms with van der Waals surface area (Å²) in [6.07, 6.45) is -1.26. The Morgan fingerprint density at radius 1 is 1.12 bits per heavy atom. The number of ether oxygens (including phenoxy) is 1. The first kappa shape index (κ1) is 20.2. The van der Waals surface area contributed by atoms with Crippen LogP contribution >= 0.6 is 7.60 Å². The normalized spacial score (nSPS) is 14.5. The van der Waals surface area contributed by atoms with Crippen LogP contribution in [-0.2, 0) is 20.4 Å². The van der Waals surface area contributed by atoms with Crippen molar-refractivity contribution in [3.63, 3.8) is 0 Å². The molecular weight excluding hydrogens is 353 g/mol. The zero-order valence-corrected chi connectivity index (χ0v) is 16.0. The molecule has 2 unspecified atom stereocenters. The Morgan fingerprint density at radius 2 is 1.73 bits per heavy atom. The molecule has 1 amide bonds. The van der Waals surface area contributed by atoms with E-state index in [1.165, 1.54) is 0 Å². The molecule has 26 heavy (non-hydrogen) atoms. The van der Waals surface area contributed by atoms with Gasteiger partial charge in [-0.2, -0.15) is 0 Å². The van der Waals surface area contributed by atoms with Gasteiger partial charge in [-0.25, -0.2) is 4.79 Å². The number of benzene rings is 2. The second kappa shape index (κ2) is 8.99. The third kappa shape index (κ3) is 5.99. The number of rotatable bonds is 7. The predicted octanol–water partition coefficient (Wildman–Crippen LogP) is 4.53. The van der Waals surface area contributed by atoms with E-state index in [2.05, 4.69) is 5.32 Å².